The Labute approximate surface area is 204 Å². The molecule has 0 radical (unpaired) electrons. The van der Waals surface area contributed by atoms with Gasteiger partial charge in [0.1, 0.15) is 23.9 Å². The number of carbonyl (C=O) groups is 1. The summed E-state index contributed by atoms with van der Waals surface area (Å²) >= 11 is 0. The molecule has 1 heterocycles. The van der Waals surface area contributed by atoms with Crippen LogP contribution in [0.15, 0.2) is 60.7 Å². The number of halogens is 2. The van der Waals surface area contributed by atoms with Crippen molar-refractivity contribution in [3.63, 3.8) is 0 Å². The third kappa shape index (κ3) is 5.73. The first-order chi connectivity index (χ1) is 16.9. The monoisotopic (exact) mass is 481 g/mol. The summed E-state index contributed by atoms with van der Waals surface area (Å²) in [6.45, 7) is 7.03. The van der Waals surface area contributed by atoms with Gasteiger partial charge in [0, 0.05) is 12.1 Å². The molecule has 35 heavy (non-hydrogen) atoms. The first-order valence-corrected chi connectivity index (χ1v) is 11.8. The average molecular weight is 482 g/mol. The van der Waals surface area contributed by atoms with E-state index < -0.39 is 17.7 Å². The van der Waals surface area contributed by atoms with Gasteiger partial charge in [-0.15, -0.1) is 0 Å². The Balaban J connectivity index is 1.62. The predicted octanol–water partition coefficient (Wildman–Crippen LogP) is 5.97. The van der Waals surface area contributed by atoms with E-state index in [4.69, 9.17) is 14.2 Å². The van der Waals surface area contributed by atoms with E-state index in [1.54, 1.807) is 4.90 Å². The number of rotatable bonds is 8. The lowest BCUT2D eigenvalue weighted by Crippen LogP contribution is -2.42. The van der Waals surface area contributed by atoms with Crippen molar-refractivity contribution in [2.45, 2.75) is 39.3 Å². The van der Waals surface area contributed by atoms with Gasteiger partial charge in [-0.05, 0) is 92.9 Å². The number of hydrogen-bond acceptors (Lipinski definition) is 4. The van der Waals surface area contributed by atoms with Crippen LogP contribution in [-0.4, -0.2) is 36.7 Å². The van der Waals surface area contributed by atoms with Gasteiger partial charge in [-0.3, -0.25) is 4.79 Å². The van der Waals surface area contributed by atoms with Gasteiger partial charge in [-0.25, -0.2) is 8.78 Å². The number of nitrogens with zero attached hydrogens (tertiary/aromatic N) is 1. The lowest BCUT2D eigenvalue weighted by molar-refractivity contribution is 0.0589. The van der Waals surface area contributed by atoms with E-state index in [0.29, 0.717) is 25.3 Å². The molecule has 0 aromatic heterocycles. The van der Waals surface area contributed by atoms with Gasteiger partial charge in [0.15, 0.2) is 11.6 Å². The summed E-state index contributed by atoms with van der Waals surface area (Å²) in [5.74, 6) is -0.261. The molecule has 0 aliphatic carbocycles. The van der Waals surface area contributed by atoms with Gasteiger partial charge >= 0.3 is 0 Å². The fourth-order valence-corrected chi connectivity index (χ4v) is 4.23. The van der Waals surface area contributed by atoms with Crippen molar-refractivity contribution in [3.05, 3.63) is 89.0 Å². The fourth-order valence-electron chi connectivity index (χ4n) is 4.23. The highest BCUT2D eigenvalue weighted by Crippen LogP contribution is 2.34. The number of benzene rings is 3. The second-order valence-corrected chi connectivity index (χ2v) is 8.64. The fraction of sp³-hybridized carbons (Fsp3) is 0.321. The molecule has 1 unspecified atom stereocenters. The second kappa shape index (κ2) is 10.8. The lowest BCUT2D eigenvalue weighted by Gasteiger charge is -2.37. The molecule has 1 amide bonds. The summed E-state index contributed by atoms with van der Waals surface area (Å²) in [4.78, 5) is 15.0. The van der Waals surface area contributed by atoms with E-state index in [0.717, 1.165) is 34.8 Å². The molecule has 184 valence electrons. The van der Waals surface area contributed by atoms with Crippen molar-refractivity contribution >= 4 is 5.91 Å². The van der Waals surface area contributed by atoms with Crippen LogP contribution >= 0.6 is 0 Å². The SMILES string of the molecule is CCOc1ccc(OCC2c3ccc(OC(C)C)cc3CCN2C(=O)c2ccc(F)c(F)c2)cc1. The van der Waals surface area contributed by atoms with Crippen LogP contribution in [0.3, 0.4) is 0 Å². The van der Waals surface area contributed by atoms with Gasteiger partial charge in [0.25, 0.3) is 5.91 Å². The molecule has 0 fully saturated rings. The predicted molar refractivity (Wildman–Crippen MR) is 129 cm³/mol. The van der Waals surface area contributed by atoms with Gasteiger partial charge in [-0.1, -0.05) is 6.07 Å². The Bertz CT molecular complexity index is 1180. The standard InChI is InChI=1S/C28H29F2NO4/c1-4-33-21-6-8-22(9-7-21)34-17-27-24-11-10-23(35-18(2)3)15-19(24)13-14-31(27)28(32)20-5-12-25(29)26(30)16-20/h5-12,15-16,18,27H,4,13-14,17H2,1-3H3. The molecule has 0 saturated heterocycles. The first kappa shape index (κ1) is 24.5. The largest absolute Gasteiger partial charge is 0.494 e. The van der Waals surface area contributed by atoms with Crippen molar-refractivity contribution in [1.82, 2.24) is 4.90 Å². The van der Waals surface area contributed by atoms with Crippen molar-refractivity contribution in [2.24, 2.45) is 0 Å². The molecule has 1 atom stereocenters. The van der Waals surface area contributed by atoms with Crippen LogP contribution in [0.25, 0.3) is 0 Å². The quantitative estimate of drug-likeness (QED) is 0.398. The van der Waals surface area contributed by atoms with Crippen LogP contribution < -0.4 is 14.2 Å². The van der Waals surface area contributed by atoms with Gasteiger partial charge in [-0.2, -0.15) is 0 Å². The van der Waals surface area contributed by atoms with Gasteiger partial charge < -0.3 is 19.1 Å². The van der Waals surface area contributed by atoms with E-state index in [1.165, 1.54) is 6.07 Å². The van der Waals surface area contributed by atoms with Crippen LogP contribution in [0.2, 0.25) is 0 Å². The average Bonchev–Trinajstić information content (AvgIpc) is 2.84. The molecule has 5 nitrogen and oxygen atoms in total. The van der Waals surface area contributed by atoms with E-state index in [2.05, 4.69) is 0 Å². The highest BCUT2D eigenvalue weighted by Gasteiger charge is 2.32. The third-order valence-corrected chi connectivity index (χ3v) is 5.81. The van der Waals surface area contributed by atoms with E-state index in [1.807, 2.05) is 63.2 Å². The lowest BCUT2D eigenvalue weighted by atomic mass is 9.92. The second-order valence-electron chi connectivity index (χ2n) is 8.64. The number of carbonyl (C=O) groups excluding carboxylic acids is 1. The first-order valence-electron chi connectivity index (χ1n) is 11.8. The summed E-state index contributed by atoms with van der Waals surface area (Å²) in [6, 6.07) is 15.9. The number of fused-ring (bicyclic) bond motifs is 1. The zero-order chi connectivity index (χ0) is 24.9. The summed E-state index contributed by atoms with van der Waals surface area (Å²) in [6.07, 6.45) is 0.654. The van der Waals surface area contributed by atoms with Crippen LogP contribution in [0, 0.1) is 11.6 Å². The van der Waals surface area contributed by atoms with E-state index >= 15 is 0 Å². The van der Waals surface area contributed by atoms with Crippen LogP contribution in [0.4, 0.5) is 8.78 Å². The van der Waals surface area contributed by atoms with Crippen molar-refractivity contribution in [1.29, 1.82) is 0 Å². The van der Waals surface area contributed by atoms with Gasteiger partial charge in [0.05, 0.1) is 18.8 Å². The van der Waals surface area contributed by atoms with Crippen molar-refractivity contribution < 1.29 is 27.8 Å². The Kier molecular flexibility index (Phi) is 7.54. The summed E-state index contributed by atoms with van der Waals surface area (Å²) < 4.78 is 44.7. The number of hydrogen-bond donors (Lipinski definition) is 0. The van der Waals surface area contributed by atoms with Crippen molar-refractivity contribution in [2.75, 3.05) is 19.8 Å². The summed E-state index contributed by atoms with van der Waals surface area (Å²) in [5.41, 5.74) is 2.10. The van der Waals surface area contributed by atoms with Crippen LogP contribution in [0.1, 0.15) is 48.3 Å². The Morgan fingerprint density at radius 2 is 1.63 bits per heavy atom. The molecule has 4 rings (SSSR count). The zero-order valence-electron chi connectivity index (χ0n) is 20.1. The van der Waals surface area contributed by atoms with Crippen molar-refractivity contribution in [3.8, 4) is 17.2 Å². The Hall–Kier alpha value is -3.61. The molecule has 3 aromatic rings. The molecule has 0 bridgehead atoms. The maximum atomic E-state index is 13.9. The molecule has 0 spiro atoms. The minimum Gasteiger partial charge on any atom is -0.494 e. The topological polar surface area (TPSA) is 48.0 Å². The van der Waals surface area contributed by atoms with Gasteiger partial charge in [0.2, 0.25) is 0 Å². The molecule has 7 heteroatoms. The molecule has 1 aliphatic heterocycles. The zero-order valence-corrected chi connectivity index (χ0v) is 20.1. The van der Waals surface area contributed by atoms with E-state index in [-0.39, 0.29) is 24.2 Å². The highest BCUT2D eigenvalue weighted by molar-refractivity contribution is 5.94. The van der Waals surface area contributed by atoms with Crippen LogP contribution in [0.5, 0.6) is 17.2 Å². The number of amides is 1. The molecule has 0 N–H and O–H groups in total. The molecule has 0 saturated carbocycles. The molecule has 1 aliphatic rings. The normalized spacial score (nSPS) is 15.0. The Morgan fingerprint density at radius 1 is 0.943 bits per heavy atom. The maximum Gasteiger partial charge on any atom is 0.254 e. The summed E-state index contributed by atoms with van der Waals surface area (Å²) in [5, 5.41) is 0. The highest BCUT2D eigenvalue weighted by atomic mass is 19.2. The van der Waals surface area contributed by atoms with Crippen LogP contribution in [-0.2, 0) is 6.42 Å². The maximum absolute atomic E-state index is 13.9. The molecular formula is C28H29F2NO4. The minimum absolute atomic E-state index is 0.0434. The summed E-state index contributed by atoms with van der Waals surface area (Å²) in [7, 11) is 0. The smallest absolute Gasteiger partial charge is 0.254 e. The van der Waals surface area contributed by atoms with E-state index in [9.17, 15) is 13.6 Å². The number of ether oxygens (including phenoxy) is 3. The molecule has 3 aromatic carbocycles. The minimum atomic E-state index is -1.05. The third-order valence-electron chi connectivity index (χ3n) is 5.81. The Morgan fingerprint density at radius 3 is 2.29 bits per heavy atom. The molecular weight excluding hydrogens is 452 g/mol.